The van der Waals surface area contributed by atoms with E-state index in [1.54, 1.807) is 0 Å². The maximum absolute atomic E-state index is 6.16. The van der Waals surface area contributed by atoms with E-state index in [0.29, 0.717) is 0 Å². The summed E-state index contributed by atoms with van der Waals surface area (Å²) in [5.74, 6) is 1.73. The van der Waals surface area contributed by atoms with Gasteiger partial charge in [0.05, 0.1) is 5.60 Å². The molecule has 0 unspecified atom stereocenters. The maximum Gasteiger partial charge on any atom is 0.146 e. The molecular weight excluding hydrogens is 212 g/mol. The molecule has 0 heterocycles. The fourth-order valence-corrected chi connectivity index (χ4v) is 4.68. The molecule has 0 bridgehead atoms. The molecule has 2 rings (SSSR count). The van der Waals surface area contributed by atoms with Crippen LogP contribution in [0.1, 0.15) is 71.1 Å². The van der Waals surface area contributed by atoms with Crippen LogP contribution in [0, 0.1) is 11.8 Å². The van der Waals surface area contributed by atoms with Crippen LogP contribution in [0.15, 0.2) is 0 Å². The highest BCUT2D eigenvalue weighted by Crippen LogP contribution is 2.44. The van der Waals surface area contributed by atoms with E-state index in [4.69, 9.17) is 4.43 Å². The van der Waals surface area contributed by atoms with Gasteiger partial charge in [0.25, 0.3) is 0 Å². The smallest absolute Gasteiger partial charge is 0.146 e. The Hall–Kier alpha value is 0.177. The van der Waals surface area contributed by atoms with Gasteiger partial charge in [-0.3, -0.25) is 0 Å². The highest BCUT2D eigenvalue weighted by atomic mass is 28.2. The molecule has 0 spiro atoms. The Bertz CT molecular complexity index is 187. The predicted molar refractivity (Wildman–Crippen MR) is 72.6 cm³/mol. The van der Waals surface area contributed by atoms with Gasteiger partial charge in [-0.25, -0.2) is 0 Å². The number of rotatable bonds is 3. The van der Waals surface area contributed by atoms with Crippen molar-refractivity contribution >= 4 is 10.5 Å². The molecule has 0 radical (unpaired) electrons. The van der Waals surface area contributed by atoms with Gasteiger partial charge in [0.15, 0.2) is 0 Å². The minimum Gasteiger partial charge on any atom is -0.422 e. The topological polar surface area (TPSA) is 9.23 Å². The lowest BCUT2D eigenvalue weighted by Gasteiger charge is -2.46. The zero-order chi connectivity index (χ0) is 11.4. The van der Waals surface area contributed by atoms with E-state index in [2.05, 4.69) is 6.92 Å². The van der Waals surface area contributed by atoms with Crippen LogP contribution in [0.4, 0.5) is 0 Å². The molecule has 0 amide bonds. The molecule has 0 aliphatic heterocycles. The summed E-state index contributed by atoms with van der Waals surface area (Å²) >= 11 is 0. The molecule has 0 N–H and O–H groups in total. The molecule has 2 heteroatoms. The van der Waals surface area contributed by atoms with Crippen LogP contribution in [-0.2, 0) is 4.43 Å². The molecule has 2 aliphatic carbocycles. The monoisotopic (exact) mass is 240 g/mol. The van der Waals surface area contributed by atoms with Gasteiger partial charge in [-0.05, 0) is 44.4 Å². The van der Waals surface area contributed by atoms with Crippen molar-refractivity contribution in [1.29, 1.82) is 0 Å². The summed E-state index contributed by atoms with van der Waals surface area (Å²) in [7, 11) is 0.914. The van der Waals surface area contributed by atoms with Gasteiger partial charge in [-0.2, -0.15) is 0 Å². The first-order valence-corrected chi connectivity index (χ1v) is 8.14. The first-order valence-electron chi connectivity index (χ1n) is 7.32. The highest BCUT2D eigenvalue weighted by Gasteiger charge is 2.41. The van der Waals surface area contributed by atoms with Gasteiger partial charge in [0.2, 0.25) is 0 Å². The molecule has 1 nitrogen and oxygen atoms in total. The molecule has 2 saturated carbocycles. The van der Waals surface area contributed by atoms with Crippen molar-refractivity contribution < 1.29 is 4.43 Å². The number of hydrogen-bond donors (Lipinski definition) is 0. The Kier molecular flexibility index (Phi) is 4.48. The standard InChI is InChI=1S/C14H28OSi/c1-14(15-16,12-8-4-2-5-9-12)13-10-6-3-7-11-13/h12-13H,2-11H2,1,16H3. The zero-order valence-electron chi connectivity index (χ0n) is 11.1. The largest absolute Gasteiger partial charge is 0.422 e. The SMILES string of the molecule is CC(O[SiH3])(C1CCCCC1)C1CCCCC1. The van der Waals surface area contributed by atoms with E-state index >= 15 is 0 Å². The Morgan fingerprint density at radius 3 is 1.50 bits per heavy atom. The van der Waals surface area contributed by atoms with Crippen molar-refractivity contribution in [2.24, 2.45) is 11.8 Å². The average Bonchev–Trinajstić information content (AvgIpc) is 2.40. The van der Waals surface area contributed by atoms with Crippen molar-refractivity contribution in [2.75, 3.05) is 0 Å². The van der Waals surface area contributed by atoms with Crippen LogP contribution < -0.4 is 0 Å². The highest BCUT2D eigenvalue weighted by molar-refractivity contribution is 5.98. The molecule has 0 atom stereocenters. The van der Waals surface area contributed by atoms with Crippen molar-refractivity contribution in [1.82, 2.24) is 0 Å². The Balaban J connectivity index is 2.03. The Labute approximate surface area is 104 Å². The van der Waals surface area contributed by atoms with Gasteiger partial charge in [0.1, 0.15) is 10.5 Å². The van der Waals surface area contributed by atoms with Crippen molar-refractivity contribution in [3.05, 3.63) is 0 Å². The zero-order valence-corrected chi connectivity index (χ0v) is 13.1. The van der Waals surface area contributed by atoms with Crippen LogP contribution in [0.5, 0.6) is 0 Å². The predicted octanol–water partition coefficient (Wildman–Crippen LogP) is 3.20. The van der Waals surface area contributed by atoms with Crippen LogP contribution in [0.3, 0.4) is 0 Å². The fraction of sp³-hybridized carbons (Fsp3) is 1.00. The minimum atomic E-state index is 0.243. The second-order valence-electron chi connectivity index (χ2n) is 6.06. The summed E-state index contributed by atoms with van der Waals surface area (Å²) < 4.78 is 6.16. The van der Waals surface area contributed by atoms with Crippen LogP contribution >= 0.6 is 0 Å². The van der Waals surface area contributed by atoms with Crippen molar-refractivity contribution in [3.8, 4) is 0 Å². The van der Waals surface area contributed by atoms with E-state index in [1.807, 2.05) is 0 Å². The van der Waals surface area contributed by atoms with Gasteiger partial charge in [-0.15, -0.1) is 0 Å². The molecule has 2 aliphatic rings. The maximum atomic E-state index is 6.16. The summed E-state index contributed by atoms with van der Waals surface area (Å²) in [6, 6.07) is 0. The van der Waals surface area contributed by atoms with E-state index < -0.39 is 0 Å². The summed E-state index contributed by atoms with van der Waals surface area (Å²) in [5.41, 5.74) is 0.243. The average molecular weight is 240 g/mol. The van der Waals surface area contributed by atoms with E-state index in [9.17, 15) is 0 Å². The second-order valence-corrected chi connectivity index (χ2v) is 6.47. The molecule has 94 valence electrons. The normalized spacial score (nSPS) is 26.1. The first kappa shape index (κ1) is 12.6. The Morgan fingerprint density at radius 2 is 1.19 bits per heavy atom. The van der Waals surface area contributed by atoms with Crippen molar-refractivity contribution in [2.45, 2.75) is 76.7 Å². The summed E-state index contributed by atoms with van der Waals surface area (Å²) in [6.07, 6.45) is 14.4. The van der Waals surface area contributed by atoms with Crippen LogP contribution in [-0.4, -0.2) is 16.1 Å². The van der Waals surface area contributed by atoms with Gasteiger partial charge in [-0.1, -0.05) is 38.5 Å². The summed E-state index contributed by atoms with van der Waals surface area (Å²) in [5, 5.41) is 0. The van der Waals surface area contributed by atoms with Crippen LogP contribution in [0.25, 0.3) is 0 Å². The van der Waals surface area contributed by atoms with E-state index in [1.165, 1.54) is 64.2 Å². The summed E-state index contributed by atoms with van der Waals surface area (Å²) in [4.78, 5) is 0. The second kappa shape index (κ2) is 5.68. The fourth-order valence-electron chi connectivity index (χ4n) is 4.02. The molecular formula is C14H28OSi. The quantitative estimate of drug-likeness (QED) is 0.688. The molecule has 0 aromatic rings. The lowest BCUT2D eigenvalue weighted by molar-refractivity contribution is -0.0496. The third-order valence-electron chi connectivity index (χ3n) is 5.27. The van der Waals surface area contributed by atoms with Gasteiger partial charge < -0.3 is 4.43 Å². The molecule has 0 aromatic heterocycles. The first-order chi connectivity index (χ1) is 7.77. The summed E-state index contributed by atoms with van der Waals surface area (Å²) in [6.45, 7) is 2.44. The number of hydrogen-bond acceptors (Lipinski definition) is 1. The lowest BCUT2D eigenvalue weighted by Crippen LogP contribution is -2.46. The van der Waals surface area contributed by atoms with Gasteiger partial charge >= 0.3 is 0 Å². The molecule has 0 saturated heterocycles. The molecule has 16 heavy (non-hydrogen) atoms. The van der Waals surface area contributed by atoms with Gasteiger partial charge in [0, 0.05) is 0 Å². The van der Waals surface area contributed by atoms with E-state index in [0.717, 1.165) is 22.3 Å². The van der Waals surface area contributed by atoms with E-state index in [-0.39, 0.29) is 5.60 Å². The lowest BCUT2D eigenvalue weighted by atomic mass is 9.67. The third kappa shape index (κ3) is 2.53. The Morgan fingerprint density at radius 1 is 0.812 bits per heavy atom. The third-order valence-corrected chi connectivity index (χ3v) is 6.15. The van der Waals surface area contributed by atoms with Crippen molar-refractivity contribution in [3.63, 3.8) is 0 Å². The van der Waals surface area contributed by atoms with Crippen LogP contribution in [0.2, 0.25) is 0 Å². The minimum absolute atomic E-state index is 0.243. The molecule has 2 fully saturated rings. The molecule has 0 aromatic carbocycles.